The SMILES string of the molecule is CN(CC(=O)Nc1ccc(F)cc1Cl)CC(C)(C)CN. The van der Waals surface area contributed by atoms with Crippen LogP contribution in [0.15, 0.2) is 18.2 Å². The number of nitrogens with two attached hydrogens (primary N) is 1. The number of carbonyl (C=O) groups is 1. The van der Waals surface area contributed by atoms with Gasteiger partial charge in [-0.05, 0) is 37.2 Å². The molecule has 0 saturated heterocycles. The van der Waals surface area contributed by atoms with Crippen LogP contribution in [-0.2, 0) is 4.79 Å². The lowest BCUT2D eigenvalue weighted by atomic mass is 9.93. The lowest BCUT2D eigenvalue weighted by Gasteiger charge is -2.28. The molecular weight excluding hydrogens is 281 g/mol. The zero-order chi connectivity index (χ0) is 15.3. The van der Waals surface area contributed by atoms with E-state index >= 15 is 0 Å². The second kappa shape index (κ2) is 7.02. The van der Waals surface area contributed by atoms with Crippen molar-refractivity contribution in [1.29, 1.82) is 0 Å². The van der Waals surface area contributed by atoms with E-state index in [1.807, 2.05) is 25.8 Å². The topological polar surface area (TPSA) is 58.4 Å². The smallest absolute Gasteiger partial charge is 0.238 e. The van der Waals surface area contributed by atoms with Gasteiger partial charge in [0.2, 0.25) is 5.91 Å². The molecule has 3 N–H and O–H groups in total. The molecule has 0 aliphatic rings. The number of likely N-dealkylation sites (N-methyl/N-ethyl adjacent to an activating group) is 1. The van der Waals surface area contributed by atoms with Gasteiger partial charge in [-0.3, -0.25) is 9.69 Å². The lowest BCUT2D eigenvalue weighted by Crippen LogP contribution is -2.40. The third-order valence-electron chi connectivity index (χ3n) is 2.87. The summed E-state index contributed by atoms with van der Waals surface area (Å²) in [5, 5.41) is 2.85. The zero-order valence-electron chi connectivity index (χ0n) is 12.0. The molecule has 0 unspecified atom stereocenters. The molecule has 1 amide bonds. The van der Waals surface area contributed by atoms with Crippen LogP contribution >= 0.6 is 11.6 Å². The van der Waals surface area contributed by atoms with Gasteiger partial charge in [0.15, 0.2) is 0 Å². The second-order valence-electron chi connectivity index (χ2n) is 5.71. The van der Waals surface area contributed by atoms with E-state index in [1.165, 1.54) is 18.2 Å². The molecular formula is C14H21ClFN3O. The highest BCUT2D eigenvalue weighted by Crippen LogP contribution is 2.22. The lowest BCUT2D eigenvalue weighted by molar-refractivity contribution is -0.117. The maximum Gasteiger partial charge on any atom is 0.238 e. The van der Waals surface area contributed by atoms with Gasteiger partial charge in [-0.15, -0.1) is 0 Å². The Morgan fingerprint density at radius 3 is 2.70 bits per heavy atom. The fourth-order valence-electron chi connectivity index (χ4n) is 1.88. The van der Waals surface area contributed by atoms with Crippen LogP contribution in [0.1, 0.15) is 13.8 Å². The zero-order valence-corrected chi connectivity index (χ0v) is 12.8. The second-order valence-corrected chi connectivity index (χ2v) is 6.12. The van der Waals surface area contributed by atoms with Crippen molar-refractivity contribution in [3.05, 3.63) is 29.0 Å². The first kappa shape index (κ1) is 16.9. The van der Waals surface area contributed by atoms with Crippen LogP contribution in [0.2, 0.25) is 5.02 Å². The van der Waals surface area contributed by atoms with Crippen molar-refractivity contribution in [2.75, 3.05) is 32.0 Å². The predicted octanol–water partition coefficient (Wildman–Crippen LogP) is 2.33. The number of amides is 1. The Hall–Kier alpha value is -1.17. The Morgan fingerprint density at radius 1 is 1.50 bits per heavy atom. The molecule has 0 fully saturated rings. The van der Waals surface area contributed by atoms with E-state index in [4.69, 9.17) is 17.3 Å². The molecule has 0 aliphatic carbocycles. The van der Waals surface area contributed by atoms with Crippen LogP contribution in [0.3, 0.4) is 0 Å². The summed E-state index contributed by atoms with van der Waals surface area (Å²) in [4.78, 5) is 13.8. The Kier molecular flexibility index (Phi) is 5.92. The number of hydrogen-bond donors (Lipinski definition) is 2. The van der Waals surface area contributed by atoms with E-state index in [9.17, 15) is 9.18 Å². The molecule has 0 atom stereocenters. The Morgan fingerprint density at radius 2 is 2.15 bits per heavy atom. The van der Waals surface area contributed by atoms with E-state index in [1.54, 1.807) is 0 Å². The summed E-state index contributed by atoms with van der Waals surface area (Å²) in [6.45, 7) is 5.55. The van der Waals surface area contributed by atoms with Crippen LogP contribution in [0.25, 0.3) is 0 Å². The van der Waals surface area contributed by atoms with Gasteiger partial charge in [0.25, 0.3) is 0 Å². The fourth-order valence-corrected chi connectivity index (χ4v) is 2.09. The largest absolute Gasteiger partial charge is 0.330 e. The molecule has 0 aliphatic heterocycles. The molecule has 0 bridgehead atoms. The average Bonchev–Trinajstić information content (AvgIpc) is 2.32. The van der Waals surface area contributed by atoms with Gasteiger partial charge in [0.05, 0.1) is 17.3 Å². The molecule has 1 aromatic rings. The van der Waals surface area contributed by atoms with Crippen LogP contribution < -0.4 is 11.1 Å². The molecule has 1 aromatic carbocycles. The van der Waals surface area contributed by atoms with Crippen molar-refractivity contribution in [3.63, 3.8) is 0 Å². The third-order valence-corrected chi connectivity index (χ3v) is 3.18. The number of anilines is 1. The van der Waals surface area contributed by atoms with Crippen molar-refractivity contribution in [2.45, 2.75) is 13.8 Å². The summed E-state index contributed by atoms with van der Waals surface area (Å²) in [5.74, 6) is -0.636. The Bertz CT molecular complexity index is 479. The Balaban J connectivity index is 2.55. The molecule has 0 radical (unpaired) electrons. The molecule has 6 heteroatoms. The van der Waals surface area contributed by atoms with Crippen LogP contribution in [-0.4, -0.2) is 37.5 Å². The molecule has 4 nitrogen and oxygen atoms in total. The van der Waals surface area contributed by atoms with E-state index in [0.717, 1.165) is 0 Å². The van der Waals surface area contributed by atoms with Crippen molar-refractivity contribution in [2.24, 2.45) is 11.1 Å². The highest BCUT2D eigenvalue weighted by Gasteiger charge is 2.19. The van der Waals surface area contributed by atoms with Gasteiger partial charge >= 0.3 is 0 Å². The van der Waals surface area contributed by atoms with Gasteiger partial charge < -0.3 is 11.1 Å². The Labute approximate surface area is 124 Å². The van der Waals surface area contributed by atoms with Crippen molar-refractivity contribution in [3.8, 4) is 0 Å². The minimum absolute atomic E-state index is 0.0530. The molecule has 0 saturated carbocycles. The first-order valence-electron chi connectivity index (χ1n) is 6.37. The molecule has 20 heavy (non-hydrogen) atoms. The van der Waals surface area contributed by atoms with Crippen LogP contribution in [0, 0.1) is 11.2 Å². The van der Waals surface area contributed by atoms with E-state index in [0.29, 0.717) is 18.8 Å². The van der Waals surface area contributed by atoms with Crippen molar-refractivity contribution < 1.29 is 9.18 Å². The van der Waals surface area contributed by atoms with Gasteiger partial charge in [0, 0.05) is 6.54 Å². The van der Waals surface area contributed by atoms with Gasteiger partial charge in [-0.2, -0.15) is 0 Å². The summed E-state index contributed by atoms with van der Waals surface area (Å²) < 4.78 is 12.9. The number of nitrogens with one attached hydrogen (secondary N) is 1. The number of carbonyl (C=O) groups excluding carboxylic acids is 1. The van der Waals surface area contributed by atoms with Crippen molar-refractivity contribution in [1.82, 2.24) is 4.90 Å². The summed E-state index contributed by atoms with van der Waals surface area (Å²) in [7, 11) is 1.85. The monoisotopic (exact) mass is 301 g/mol. The fraction of sp³-hybridized carbons (Fsp3) is 0.500. The highest BCUT2D eigenvalue weighted by molar-refractivity contribution is 6.33. The summed E-state index contributed by atoms with van der Waals surface area (Å²) in [5.41, 5.74) is 6.02. The number of benzene rings is 1. The number of hydrogen-bond acceptors (Lipinski definition) is 3. The molecule has 0 spiro atoms. The van der Waals surface area contributed by atoms with Gasteiger partial charge in [0.1, 0.15) is 5.82 Å². The normalized spacial score (nSPS) is 11.8. The van der Waals surface area contributed by atoms with E-state index in [-0.39, 0.29) is 22.9 Å². The maximum absolute atomic E-state index is 12.9. The maximum atomic E-state index is 12.9. The van der Waals surface area contributed by atoms with Crippen LogP contribution in [0.4, 0.5) is 10.1 Å². The summed E-state index contributed by atoms with van der Waals surface area (Å²) in [6, 6.07) is 3.86. The van der Waals surface area contributed by atoms with Crippen molar-refractivity contribution >= 4 is 23.2 Å². The number of halogens is 2. The molecule has 0 aromatic heterocycles. The standard InChI is InChI=1S/C14H21ClFN3O/c1-14(2,8-17)9-19(3)7-13(20)18-12-5-4-10(16)6-11(12)15/h4-6H,7-9,17H2,1-3H3,(H,18,20). The number of rotatable bonds is 6. The third kappa shape index (κ3) is 5.45. The summed E-state index contributed by atoms with van der Waals surface area (Å²) >= 11 is 5.85. The minimum atomic E-state index is -0.435. The van der Waals surface area contributed by atoms with Crippen LogP contribution in [0.5, 0.6) is 0 Å². The first-order chi connectivity index (χ1) is 9.23. The average molecular weight is 302 g/mol. The molecule has 0 heterocycles. The van der Waals surface area contributed by atoms with Gasteiger partial charge in [-0.1, -0.05) is 25.4 Å². The molecule has 112 valence electrons. The number of nitrogens with zero attached hydrogens (tertiary/aromatic N) is 1. The van der Waals surface area contributed by atoms with E-state index in [2.05, 4.69) is 5.32 Å². The quantitative estimate of drug-likeness (QED) is 0.848. The minimum Gasteiger partial charge on any atom is -0.330 e. The van der Waals surface area contributed by atoms with Gasteiger partial charge in [-0.25, -0.2) is 4.39 Å². The summed E-state index contributed by atoms with van der Waals surface area (Å²) in [6.07, 6.45) is 0. The van der Waals surface area contributed by atoms with E-state index < -0.39 is 5.82 Å². The predicted molar refractivity (Wildman–Crippen MR) is 80.4 cm³/mol. The molecule has 1 rings (SSSR count). The first-order valence-corrected chi connectivity index (χ1v) is 6.75. The highest BCUT2D eigenvalue weighted by atomic mass is 35.5.